The quantitative estimate of drug-likeness (QED) is 0.636. The molecule has 2 saturated heterocycles. The smallest absolute Gasteiger partial charge is 0.253 e. The summed E-state index contributed by atoms with van der Waals surface area (Å²) in [5, 5.41) is 2.89. The number of hydrogen-bond donors (Lipinski definition) is 1. The van der Waals surface area contributed by atoms with Gasteiger partial charge in [0.15, 0.2) is 0 Å². The number of nitrogens with one attached hydrogen (secondary N) is 1. The van der Waals surface area contributed by atoms with Gasteiger partial charge in [-0.2, -0.15) is 4.31 Å². The minimum atomic E-state index is -3.73. The van der Waals surface area contributed by atoms with Crippen molar-refractivity contribution in [1.29, 1.82) is 0 Å². The molecule has 0 saturated carbocycles. The number of likely N-dealkylation sites (N-methyl/N-ethyl adjacent to an activating group) is 1. The summed E-state index contributed by atoms with van der Waals surface area (Å²) in [4.78, 5) is 30.0. The Balaban J connectivity index is 1.38. The monoisotopic (exact) mass is 514 g/mol. The SMILES string of the molecule is COc1ccc(S(=O)(=O)N2CCC[C@@H](C(=O)Nc3ccc(C(=O)N4CCN(C)CC4)cc3)C2)cc1C. The number of amides is 2. The lowest BCUT2D eigenvalue weighted by Crippen LogP contribution is -2.47. The lowest BCUT2D eigenvalue weighted by atomic mass is 9.98. The van der Waals surface area contributed by atoms with Crippen molar-refractivity contribution in [2.24, 2.45) is 5.92 Å². The third-order valence-corrected chi connectivity index (χ3v) is 8.81. The Morgan fingerprint density at radius 3 is 2.33 bits per heavy atom. The van der Waals surface area contributed by atoms with Gasteiger partial charge < -0.3 is 19.9 Å². The van der Waals surface area contributed by atoms with Crippen LogP contribution in [0.4, 0.5) is 5.69 Å². The molecule has 2 fully saturated rings. The van der Waals surface area contributed by atoms with Gasteiger partial charge in [0.2, 0.25) is 15.9 Å². The Labute approximate surface area is 213 Å². The highest BCUT2D eigenvalue weighted by Crippen LogP contribution is 2.28. The summed E-state index contributed by atoms with van der Waals surface area (Å²) < 4.78 is 33.1. The maximum Gasteiger partial charge on any atom is 0.253 e. The molecular formula is C26H34N4O5S. The molecule has 9 nitrogen and oxygen atoms in total. The van der Waals surface area contributed by atoms with E-state index in [1.807, 2.05) is 11.9 Å². The number of carbonyl (C=O) groups excluding carboxylic acids is 2. The van der Waals surface area contributed by atoms with E-state index < -0.39 is 15.9 Å². The maximum atomic E-state index is 13.2. The van der Waals surface area contributed by atoms with Crippen LogP contribution in [-0.2, 0) is 14.8 Å². The van der Waals surface area contributed by atoms with E-state index in [2.05, 4.69) is 10.2 Å². The number of piperidine rings is 1. The molecule has 0 spiro atoms. The number of nitrogens with zero attached hydrogens (tertiary/aromatic N) is 3. The average molecular weight is 515 g/mol. The lowest BCUT2D eigenvalue weighted by Gasteiger charge is -2.32. The fourth-order valence-electron chi connectivity index (χ4n) is 4.67. The van der Waals surface area contributed by atoms with E-state index in [-0.39, 0.29) is 23.3 Å². The molecule has 0 aliphatic carbocycles. The van der Waals surface area contributed by atoms with Crippen molar-refractivity contribution in [3.05, 3.63) is 53.6 Å². The zero-order chi connectivity index (χ0) is 25.9. The number of carbonyl (C=O) groups is 2. The molecule has 194 valence electrons. The summed E-state index contributed by atoms with van der Waals surface area (Å²) in [5.74, 6) is -0.0672. The minimum absolute atomic E-state index is 0.0112. The molecule has 36 heavy (non-hydrogen) atoms. The molecule has 0 radical (unpaired) electrons. The van der Waals surface area contributed by atoms with E-state index in [0.29, 0.717) is 49.5 Å². The molecule has 1 N–H and O–H groups in total. The molecule has 4 rings (SSSR count). The van der Waals surface area contributed by atoms with Crippen LogP contribution in [0.3, 0.4) is 0 Å². The van der Waals surface area contributed by atoms with Crippen molar-refractivity contribution in [2.45, 2.75) is 24.7 Å². The van der Waals surface area contributed by atoms with Gasteiger partial charge in [-0.05, 0) is 74.8 Å². The maximum absolute atomic E-state index is 13.2. The third kappa shape index (κ3) is 5.71. The number of rotatable bonds is 6. The minimum Gasteiger partial charge on any atom is -0.496 e. The first-order chi connectivity index (χ1) is 17.2. The highest BCUT2D eigenvalue weighted by Gasteiger charge is 2.33. The Morgan fingerprint density at radius 2 is 1.69 bits per heavy atom. The summed E-state index contributed by atoms with van der Waals surface area (Å²) >= 11 is 0. The molecule has 0 bridgehead atoms. The number of sulfonamides is 1. The van der Waals surface area contributed by atoms with Crippen LogP contribution in [0.5, 0.6) is 5.75 Å². The van der Waals surface area contributed by atoms with Crippen molar-refractivity contribution in [3.8, 4) is 5.75 Å². The Kier molecular flexibility index (Phi) is 7.97. The zero-order valence-corrected chi connectivity index (χ0v) is 21.9. The van der Waals surface area contributed by atoms with Crippen molar-refractivity contribution in [2.75, 3.05) is 58.7 Å². The van der Waals surface area contributed by atoms with Crippen LogP contribution in [0.25, 0.3) is 0 Å². The predicted octanol–water partition coefficient (Wildman–Crippen LogP) is 2.43. The Morgan fingerprint density at radius 1 is 1.00 bits per heavy atom. The summed E-state index contributed by atoms with van der Waals surface area (Å²) in [5.41, 5.74) is 1.90. The van der Waals surface area contributed by atoms with Crippen LogP contribution in [0.15, 0.2) is 47.4 Å². The van der Waals surface area contributed by atoms with E-state index in [4.69, 9.17) is 4.74 Å². The second-order valence-electron chi connectivity index (χ2n) is 9.50. The van der Waals surface area contributed by atoms with Crippen molar-refractivity contribution in [1.82, 2.24) is 14.1 Å². The van der Waals surface area contributed by atoms with Crippen LogP contribution in [0, 0.1) is 12.8 Å². The normalized spacial score (nSPS) is 19.6. The van der Waals surface area contributed by atoms with Crippen molar-refractivity contribution >= 4 is 27.5 Å². The molecule has 0 unspecified atom stereocenters. The molecule has 10 heteroatoms. The van der Waals surface area contributed by atoms with E-state index in [0.717, 1.165) is 18.7 Å². The van der Waals surface area contributed by atoms with Crippen LogP contribution in [-0.4, -0.2) is 87.8 Å². The summed E-state index contributed by atoms with van der Waals surface area (Å²) in [7, 11) is -0.139. The number of ether oxygens (including phenoxy) is 1. The van der Waals surface area contributed by atoms with E-state index in [1.54, 1.807) is 50.4 Å². The second-order valence-corrected chi connectivity index (χ2v) is 11.4. The standard InChI is InChI=1S/C26H34N4O5S/c1-19-17-23(10-11-24(19)35-3)36(33,34)30-12-4-5-21(18-30)25(31)27-22-8-6-20(7-9-22)26(32)29-15-13-28(2)14-16-29/h6-11,17,21H,4-5,12-16,18H2,1-3H3,(H,27,31)/t21-/m1/s1. The van der Waals surface area contributed by atoms with Crippen LogP contribution < -0.4 is 10.1 Å². The topological polar surface area (TPSA) is 99.3 Å². The van der Waals surface area contributed by atoms with E-state index in [1.165, 1.54) is 10.4 Å². The van der Waals surface area contributed by atoms with E-state index in [9.17, 15) is 18.0 Å². The highest BCUT2D eigenvalue weighted by atomic mass is 32.2. The molecule has 2 heterocycles. The number of hydrogen-bond acceptors (Lipinski definition) is 6. The van der Waals surface area contributed by atoms with Gasteiger partial charge in [0.1, 0.15) is 5.75 Å². The van der Waals surface area contributed by atoms with Crippen LogP contribution in [0.1, 0.15) is 28.8 Å². The van der Waals surface area contributed by atoms with E-state index >= 15 is 0 Å². The summed E-state index contributed by atoms with van der Waals surface area (Å²) in [6.07, 6.45) is 1.21. The highest BCUT2D eigenvalue weighted by molar-refractivity contribution is 7.89. The van der Waals surface area contributed by atoms with Gasteiger partial charge in [0.05, 0.1) is 17.9 Å². The molecule has 2 aliphatic rings. The molecule has 1 atom stereocenters. The fraction of sp³-hybridized carbons (Fsp3) is 0.462. The third-order valence-electron chi connectivity index (χ3n) is 6.95. The Bertz CT molecular complexity index is 1210. The number of aryl methyl sites for hydroxylation is 1. The molecule has 0 aromatic heterocycles. The lowest BCUT2D eigenvalue weighted by molar-refractivity contribution is -0.120. The largest absolute Gasteiger partial charge is 0.496 e. The van der Waals surface area contributed by atoms with Gasteiger partial charge in [-0.25, -0.2) is 8.42 Å². The molecule has 2 aliphatic heterocycles. The average Bonchev–Trinajstić information content (AvgIpc) is 2.89. The van der Waals surface area contributed by atoms with Gasteiger partial charge in [-0.3, -0.25) is 9.59 Å². The van der Waals surface area contributed by atoms with Crippen molar-refractivity contribution in [3.63, 3.8) is 0 Å². The molecule has 2 amide bonds. The summed E-state index contributed by atoms with van der Waals surface area (Å²) in [6.45, 7) is 5.40. The van der Waals surface area contributed by atoms with Gasteiger partial charge >= 0.3 is 0 Å². The molecule has 2 aromatic rings. The number of piperazine rings is 1. The molecular weight excluding hydrogens is 480 g/mol. The van der Waals surface area contributed by atoms with Crippen molar-refractivity contribution < 1.29 is 22.7 Å². The first-order valence-corrected chi connectivity index (χ1v) is 13.7. The first-order valence-electron chi connectivity index (χ1n) is 12.2. The van der Waals surface area contributed by atoms with Gasteiger partial charge in [0.25, 0.3) is 5.91 Å². The van der Waals surface area contributed by atoms with Gasteiger partial charge in [-0.1, -0.05) is 0 Å². The second kappa shape index (κ2) is 11.0. The van der Waals surface area contributed by atoms with Crippen LogP contribution >= 0.6 is 0 Å². The van der Waals surface area contributed by atoms with Gasteiger partial charge in [0, 0.05) is 50.5 Å². The first kappa shape index (κ1) is 26.1. The summed E-state index contributed by atoms with van der Waals surface area (Å²) in [6, 6.07) is 11.7. The number of anilines is 1. The number of benzene rings is 2. The Hall–Kier alpha value is -2.95. The molecule has 2 aromatic carbocycles. The van der Waals surface area contributed by atoms with Gasteiger partial charge in [-0.15, -0.1) is 0 Å². The zero-order valence-electron chi connectivity index (χ0n) is 21.1. The van der Waals surface area contributed by atoms with Crippen LogP contribution in [0.2, 0.25) is 0 Å². The predicted molar refractivity (Wildman–Crippen MR) is 138 cm³/mol. The fourth-order valence-corrected chi connectivity index (χ4v) is 6.28. The number of methoxy groups -OCH3 is 1.